The van der Waals surface area contributed by atoms with Crippen molar-refractivity contribution in [2.75, 3.05) is 20.3 Å². The molecule has 2 heterocycles. The van der Waals surface area contributed by atoms with Crippen LogP contribution in [0, 0.1) is 0 Å². The van der Waals surface area contributed by atoms with Crippen LogP contribution in [-0.4, -0.2) is 42.1 Å². The topological polar surface area (TPSA) is 82.5 Å². The van der Waals surface area contributed by atoms with Gasteiger partial charge in [0, 0.05) is 18.5 Å². The van der Waals surface area contributed by atoms with Gasteiger partial charge in [-0.3, -0.25) is 9.59 Å². The first-order valence-electron chi connectivity index (χ1n) is 9.24. The number of benzene rings is 2. The quantitative estimate of drug-likeness (QED) is 0.736. The molecule has 0 aliphatic carbocycles. The van der Waals surface area contributed by atoms with Gasteiger partial charge >= 0.3 is 0 Å². The summed E-state index contributed by atoms with van der Waals surface area (Å²) in [7, 11) is 1.53. The molecule has 144 valence electrons. The number of carbonyl (C=O) groups excluding carboxylic acids is 1. The number of hydrogen-bond donors (Lipinski definition) is 1. The summed E-state index contributed by atoms with van der Waals surface area (Å²) >= 11 is 0. The van der Waals surface area contributed by atoms with Crippen LogP contribution < -0.4 is 15.6 Å². The third-order valence-corrected chi connectivity index (χ3v) is 4.85. The number of amides is 1. The molecule has 1 fully saturated rings. The van der Waals surface area contributed by atoms with Gasteiger partial charge in [0.2, 0.25) is 0 Å². The number of aromatic nitrogens is 2. The van der Waals surface area contributed by atoms with Gasteiger partial charge in [0.1, 0.15) is 11.4 Å². The van der Waals surface area contributed by atoms with Crippen LogP contribution in [-0.2, 0) is 4.74 Å². The first-order chi connectivity index (χ1) is 13.7. The van der Waals surface area contributed by atoms with Gasteiger partial charge in [-0.15, -0.1) is 0 Å². The Morgan fingerprint density at radius 2 is 1.96 bits per heavy atom. The summed E-state index contributed by atoms with van der Waals surface area (Å²) in [6.07, 6.45) is 1.95. The highest BCUT2D eigenvalue weighted by Gasteiger charge is 2.21. The maximum atomic E-state index is 13.0. The van der Waals surface area contributed by atoms with Gasteiger partial charge in [-0.2, -0.15) is 9.78 Å². The van der Waals surface area contributed by atoms with E-state index in [-0.39, 0.29) is 23.3 Å². The van der Waals surface area contributed by atoms with Gasteiger partial charge in [-0.1, -0.05) is 30.3 Å². The molecule has 1 atom stereocenters. The van der Waals surface area contributed by atoms with E-state index in [0.29, 0.717) is 28.8 Å². The van der Waals surface area contributed by atoms with Crippen LogP contribution in [0.5, 0.6) is 5.75 Å². The Kier molecular flexibility index (Phi) is 5.08. The van der Waals surface area contributed by atoms with Crippen molar-refractivity contribution >= 4 is 16.7 Å². The van der Waals surface area contributed by atoms with Gasteiger partial charge < -0.3 is 14.8 Å². The standard InChI is InChI=1S/C21H21N3O4/c1-27-18-11-5-4-10-17(18)24-21(26)16-9-3-2-8-15(16)19(23-24)20(25)22-13-14-7-6-12-28-14/h2-5,8-11,14H,6-7,12-13H2,1H3,(H,22,25)/t14-/m0/s1. The van der Waals surface area contributed by atoms with E-state index < -0.39 is 0 Å². The molecule has 1 aliphatic rings. The SMILES string of the molecule is COc1ccccc1-n1nc(C(=O)NC[C@@H]2CCCO2)c2ccccc2c1=O. The smallest absolute Gasteiger partial charge is 0.279 e. The van der Waals surface area contributed by atoms with Gasteiger partial charge in [-0.05, 0) is 31.0 Å². The lowest BCUT2D eigenvalue weighted by molar-refractivity contribution is 0.0854. The zero-order valence-corrected chi connectivity index (χ0v) is 15.6. The Morgan fingerprint density at radius 1 is 1.21 bits per heavy atom. The molecule has 4 rings (SSSR count). The highest BCUT2D eigenvalue weighted by Crippen LogP contribution is 2.22. The molecular weight excluding hydrogens is 358 g/mol. The van der Waals surface area contributed by atoms with E-state index >= 15 is 0 Å². The van der Waals surface area contributed by atoms with Crippen molar-refractivity contribution in [2.24, 2.45) is 0 Å². The highest BCUT2D eigenvalue weighted by atomic mass is 16.5. The van der Waals surface area contributed by atoms with Crippen molar-refractivity contribution in [2.45, 2.75) is 18.9 Å². The highest BCUT2D eigenvalue weighted by molar-refractivity contribution is 6.04. The number of rotatable bonds is 5. The normalized spacial score (nSPS) is 16.2. The van der Waals surface area contributed by atoms with E-state index in [1.54, 1.807) is 42.5 Å². The summed E-state index contributed by atoms with van der Waals surface area (Å²) < 4.78 is 12.2. The summed E-state index contributed by atoms with van der Waals surface area (Å²) in [4.78, 5) is 25.9. The zero-order chi connectivity index (χ0) is 19.5. The minimum absolute atomic E-state index is 0.0235. The second-order valence-corrected chi connectivity index (χ2v) is 6.63. The Hall–Kier alpha value is -3.19. The second-order valence-electron chi connectivity index (χ2n) is 6.63. The lowest BCUT2D eigenvalue weighted by atomic mass is 10.1. The average Bonchev–Trinajstić information content (AvgIpc) is 3.26. The summed E-state index contributed by atoms with van der Waals surface area (Å²) in [6, 6.07) is 14.1. The van der Waals surface area contributed by atoms with Crippen molar-refractivity contribution in [1.29, 1.82) is 0 Å². The number of para-hydroxylation sites is 2. The van der Waals surface area contributed by atoms with E-state index in [1.165, 1.54) is 11.8 Å². The number of ether oxygens (including phenoxy) is 2. The van der Waals surface area contributed by atoms with E-state index in [2.05, 4.69) is 10.4 Å². The molecule has 0 unspecified atom stereocenters. The Morgan fingerprint density at radius 3 is 2.71 bits per heavy atom. The van der Waals surface area contributed by atoms with E-state index in [4.69, 9.17) is 9.47 Å². The summed E-state index contributed by atoms with van der Waals surface area (Å²) in [6.45, 7) is 1.14. The molecule has 1 aromatic heterocycles. The monoisotopic (exact) mass is 379 g/mol. The third kappa shape index (κ3) is 3.36. The average molecular weight is 379 g/mol. The van der Waals surface area contributed by atoms with E-state index in [0.717, 1.165) is 19.4 Å². The molecule has 1 N–H and O–H groups in total. The molecule has 7 nitrogen and oxygen atoms in total. The molecule has 2 aromatic carbocycles. The fourth-order valence-electron chi connectivity index (χ4n) is 3.42. The molecule has 0 radical (unpaired) electrons. The van der Waals surface area contributed by atoms with Crippen molar-refractivity contribution < 1.29 is 14.3 Å². The lowest BCUT2D eigenvalue weighted by Crippen LogP contribution is -2.34. The Balaban J connectivity index is 1.80. The number of nitrogens with zero attached hydrogens (tertiary/aromatic N) is 2. The molecule has 28 heavy (non-hydrogen) atoms. The predicted molar refractivity (Wildman–Crippen MR) is 105 cm³/mol. The number of nitrogens with one attached hydrogen (secondary N) is 1. The molecular formula is C21H21N3O4. The van der Waals surface area contributed by atoms with E-state index in [1.807, 2.05) is 6.07 Å². The summed E-state index contributed by atoms with van der Waals surface area (Å²) in [5.74, 6) is 0.161. The largest absolute Gasteiger partial charge is 0.494 e. The Bertz CT molecular complexity index is 1070. The van der Waals surface area contributed by atoms with Crippen molar-refractivity contribution in [3.8, 4) is 11.4 Å². The van der Waals surface area contributed by atoms with Gasteiger partial charge in [0.05, 0.1) is 18.6 Å². The summed E-state index contributed by atoms with van der Waals surface area (Å²) in [5.41, 5.74) is 0.365. The molecule has 1 amide bonds. The van der Waals surface area contributed by atoms with Crippen LogP contribution in [0.3, 0.4) is 0 Å². The number of fused-ring (bicyclic) bond motifs is 1. The van der Waals surface area contributed by atoms with Crippen LogP contribution in [0.15, 0.2) is 53.3 Å². The first kappa shape index (κ1) is 18.2. The molecule has 7 heteroatoms. The van der Waals surface area contributed by atoms with Crippen LogP contribution >= 0.6 is 0 Å². The number of carbonyl (C=O) groups is 1. The molecule has 0 spiro atoms. The molecule has 0 saturated carbocycles. The minimum atomic E-state index is -0.338. The fourth-order valence-corrected chi connectivity index (χ4v) is 3.42. The first-order valence-corrected chi connectivity index (χ1v) is 9.24. The molecule has 0 bridgehead atoms. The van der Waals surface area contributed by atoms with Gasteiger partial charge in [0.25, 0.3) is 11.5 Å². The zero-order valence-electron chi connectivity index (χ0n) is 15.6. The lowest BCUT2D eigenvalue weighted by Gasteiger charge is -2.14. The number of hydrogen-bond acceptors (Lipinski definition) is 5. The fraction of sp³-hybridized carbons (Fsp3) is 0.286. The number of methoxy groups -OCH3 is 1. The van der Waals surface area contributed by atoms with Crippen molar-refractivity contribution in [3.63, 3.8) is 0 Å². The van der Waals surface area contributed by atoms with Gasteiger partial charge in [-0.25, -0.2) is 0 Å². The van der Waals surface area contributed by atoms with Crippen LogP contribution in [0.1, 0.15) is 23.3 Å². The molecule has 3 aromatic rings. The summed E-state index contributed by atoms with van der Waals surface area (Å²) in [5, 5.41) is 8.22. The van der Waals surface area contributed by atoms with Crippen LogP contribution in [0.25, 0.3) is 16.5 Å². The maximum Gasteiger partial charge on any atom is 0.279 e. The van der Waals surface area contributed by atoms with Crippen LogP contribution in [0.4, 0.5) is 0 Å². The maximum absolute atomic E-state index is 13.0. The van der Waals surface area contributed by atoms with Crippen LogP contribution in [0.2, 0.25) is 0 Å². The van der Waals surface area contributed by atoms with E-state index in [9.17, 15) is 9.59 Å². The van der Waals surface area contributed by atoms with Crippen molar-refractivity contribution in [1.82, 2.24) is 15.1 Å². The molecule has 1 saturated heterocycles. The minimum Gasteiger partial charge on any atom is -0.494 e. The molecule has 1 aliphatic heterocycles. The second kappa shape index (κ2) is 7.82. The predicted octanol–water partition coefficient (Wildman–Crippen LogP) is 2.30. The third-order valence-electron chi connectivity index (χ3n) is 4.85. The van der Waals surface area contributed by atoms with Crippen molar-refractivity contribution in [3.05, 3.63) is 64.6 Å². The Labute approximate surface area is 161 Å². The van der Waals surface area contributed by atoms with Gasteiger partial charge in [0.15, 0.2) is 5.69 Å².